The Kier molecular flexibility index (Phi) is 2.93. The van der Waals surface area contributed by atoms with Gasteiger partial charge in [0, 0.05) is 23.2 Å². The number of hydrogen-bond acceptors (Lipinski definition) is 3. The van der Waals surface area contributed by atoms with Crippen molar-refractivity contribution in [2.75, 3.05) is 14.2 Å². The summed E-state index contributed by atoms with van der Waals surface area (Å²) in [5, 5.41) is 2.99. The SMILES string of the molecule is COc1ccc(OC)c2c1CCC1=C2CCC(=O)N1. The van der Waals surface area contributed by atoms with E-state index in [1.165, 1.54) is 11.1 Å². The van der Waals surface area contributed by atoms with Gasteiger partial charge < -0.3 is 14.8 Å². The van der Waals surface area contributed by atoms with E-state index in [-0.39, 0.29) is 5.91 Å². The van der Waals surface area contributed by atoms with E-state index in [4.69, 9.17) is 9.47 Å². The number of carbonyl (C=O) groups is 1. The van der Waals surface area contributed by atoms with Gasteiger partial charge >= 0.3 is 0 Å². The summed E-state index contributed by atoms with van der Waals surface area (Å²) in [7, 11) is 3.37. The highest BCUT2D eigenvalue weighted by molar-refractivity contribution is 5.89. The molecule has 0 radical (unpaired) electrons. The summed E-state index contributed by atoms with van der Waals surface area (Å²) < 4.78 is 10.9. The van der Waals surface area contributed by atoms with Crippen LogP contribution >= 0.6 is 0 Å². The van der Waals surface area contributed by atoms with E-state index in [1.54, 1.807) is 14.2 Å². The van der Waals surface area contributed by atoms with Crippen molar-refractivity contribution < 1.29 is 14.3 Å². The fourth-order valence-electron chi connectivity index (χ4n) is 2.98. The molecular weight excluding hydrogens is 242 g/mol. The Bertz CT molecular complexity index is 575. The Balaban J connectivity index is 2.19. The number of allylic oxidation sites excluding steroid dienone is 2. The normalized spacial score (nSPS) is 17.5. The molecule has 0 atom stereocenters. The third-order valence-corrected chi connectivity index (χ3v) is 3.85. The molecule has 3 rings (SSSR count). The average Bonchev–Trinajstić information content (AvgIpc) is 2.45. The van der Waals surface area contributed by atoms with Gasteiger partial charge in [-0.2, -0.15) is 0 Å². The number of amides is 1. The van der Waals surface area contributed by atoms with Gasteiger partial charge in [0.25, 0.3) is 0 Å². The lowest BCUT2D eigenvalue weighted by atomic mass is 9.83. The van der Waals surface area contributed by atoms with Crippen LogP contribution < -0.4 is 14.8 Å². The molecule has 100 valence electrons. The van der Waals surface area contributed by atoms with E-state index in [1.807, 2.05) is 12.1 Å². The monoisotopic (exact) mass is 259 g/mol. The van der Waals surface area contributed by atoms with Gasteiger partial charge in [0.2, 0.25) is 5.91 Å². The van der Waals surface area contributed by atoms with Crippen molar-refractivity contribution in [1.29, 1.82) is 0 Å². The van der Waals surface area contributed by atoms with Gasteiger partial charge in [-0.3, -0.25) is 4.79 Å². The van der Waals surface area contributed by atoms with Crippen LogP contribution in [0.1, 0.15) is 30.4 Å². The van der Waals surface area contributed by atoms with Crippen LogP contribution in [-0.2, 0) is 11.2 Å². The lowest BCUT2D eigenvalue weighted by Crippen LogP contribution is -2.30. The number of nitrogens with one attached hydrogen (secondary N) is 1. The molecule has 4 nitrogen and oxygen atoms in total. The molecule has 2 aliphatic rings. The van der Waals surface area contributed by atoms with Gasteiger partial charge in [-0.05, 0) is 37.0 Å². The highest BCUT2D eigenvalue weighted by Crippen LogP contribution is 2.44. The highest BCUT2D eigenvalue weighted by Gasteiger charge is 2.28. The van der Waals surface area contributed by atoms with Crippen molar-refractivity contribution in [2.45, 2.75) is 25.7 Å². The maximum atomic E-state index is 11.5. The zero-order valence-corrected chi connectivity index (χ0v) is 11.2. The first-order chi connectivity index (χ1) is 9.24. The second-order valence-electron chi connectivity index (χ2n) is 4.83. The molecule has 4 heteroatoms. The van der Waals surface area contributed by atoms with Crippen LogP contribution in [0, 0.1) is 0 Å². The minimum Gasteiger partial charge on any atom is -0.496 e. The summed E-state index contributed by atoms with van der Waals surface area (Å²) in [5.41, 5.74) is 4.56. The zero-order chi connectivity index (χ0) is 13.4. The predicted octanol–water partition coefficient (Wildman–Crippen LogP) is 2.27. The predicted molar refractivity (Wildman–Crippen MR) is 72.2 cm³/mol. The van der Waals surface area contributed by atoms with E-state index in [0.29, 0.717) is 6.42 Å². The largest absolute Gasteiger partial charge is 0.496 e. The Hall–Kier alpha value is -1.97. The quantitative estimate of drug-likeness (QED) is 0.886. The fraction of sp³-hybridized carbons (Fsp3) is 0.400. The topological polar surface area (TPSA) is 47.6 Å². The fourth-order valence-corrected chi connectivity index (χ4v) is 2.98. The maximum Gasteiger partial charge on any atom is 0.224 e. The number of rotatable bonds is 2. The molecule has 0 bridgehead atoms. The molecule has 1 aliphatic heterocycles. The number of ether oxygens (including phenoxy) is 2. The summed E-state index contributed by atoms with van der Waals surface area (Å²) in [4.78, 5) is 11.5. The first-order valence-electron chi connectivity index (χ1n) is 6.50. The molecule has 1 N–H and O–H groups in total. The smallest absolute Gasteiger partial charge is 0.224 e. The molecule has 1 aromatic carbocycles. The number of fused-ring (bicyclic) bond motifs is 2. The summed E-state index contributed by atoms with van der Waals surface area (Å²) in [6.07, 6.45) is 3.04. The molecule has 0 saturated carbocycles. The lowest BCUT2D eigenvalue weighted by Gasteiger charge is -2.29. The Labute approximate surface area is 112 Å². The van der Waals surface area contributed by atoms with Crippen LogP contribution in [0.4, 0.5) is 0 Å². The molecule has 0 aromatic heterocycles. The van der Waals surface area contributed by atoms with Crippen molar-refractivity contribution in [2.24, 2.45) is 0 Å². The number of hydrogen-bond donors (Lipinski definition) is 1. The van der Waals surface area contributed by atoms with Crippen LogP contribution in [0.15, 0.2) is 17.8 Å². The summed E-state index contributed by atoms with van der Waals surface area (Å²) in [6.45, 7) is 0. The molecular formula is C15H17NO3. The molecule has 0 unspecified atom stereocenters. The summed E-state index contributed by atoms with van der Waals surface area (Å²) >= 11 is 0. The Morgan fingerprint density at radius 3 is 2.47 bits per heavy atom. The van der Waals surface area contributed by atoms with Gasteiger partial charge in [-0.25, -0.2) is 0 Å². The molecule has 0 spiro atoms. The van der Waals surface area contributed by atoms with Gasteiger partial charge in [0.05, 0.1) is 14.2 Å². The van der Waals surface area contributed by atoms with Crippen LogP contribution in [0.3, 0.4) is 0 Å². The van der Waals surface area contributed by atoms with E-state index in [2.05, 4.69) is 5.32 Å². The first kappa shape index (κ1) is 12.1. The molecule has 19 heavy (non-hydrogen) atoms. The first-order valence-corrected chi connectivity index (χ1v) is 6.50. The van der Waals surface area contributed by atoms with Crippen molar-refractivity contribution in [1.82, 2.24) is 5.32 Å². The van der Waals surface area contributed by atoms with E-state index >= 15 is 0 Å². The second kappa shape index (κ2) is 4.61. The molecule has 1 aliphatic carbocycles. The Morgan fingerprint density at radius 2 is 1.74 bits per heavy atom. The lowest BCUT2D eigenvalue weighted by molar-refractivity contribution is -0.120. The third kappa shape index (κ3) is 1.87. The Morgan fingerprint density at radius 1 is 1.00 bits per heavy atom. The van der Waals surface area contributed by atoms with Gasteiger partial charge in [0.15, 0.2) is 0 Å². The highest BCUT2D eigenvalue weighted by atomic mass is 16.5. The van der Waals surface area contributed by atoms with Crippen LogP contribution in [0.2, 0.25) is 0 Å². The van der Waals surface area contributed by atoms with Crippen LogP contribution in [0.25, 0.3) is 5.57 Å². The van der Waals surface area contributed by atoms with Crippen molar-refractivity contribution in [3.8, 4) is 11.5 Å². The molecule has 0 saturated heterocycles. The summed E-state index contributed by atoms with van der Waals surface area (Å²) in [6, 6.07) is 3.88. The van der Waals surface area contributed by atoms with Crippen LogP contribution in [0.5, 0.6) is 11.5 Å². The molecule has 1 heterocycles. The van der Waals surface area contributed by atoms with E-state index in [0.717, 1.165) is 42.0 Å². The zero-order valence-electron chi connectivity index (χ0n) is 11.2. The maximum absolute atomic E-state index is 11.5. The van der Waals surface area contributed by atoms with E-state index < -0.39 is 0 Å². The molecule has 0 fully saturated rings. The van der Waals surface area contributed by atoms with Crippen molar-refractivity contribution in [3.63, 3.8) is 0 Å². The van der Waals surface area contributed by atoms with Crippen molar-refractivity contribution >= 4 is 11.5 Å². The minimum atomic E-state index is 0.115. The van der Waals surface area contributed by atoms with Gasteiger partial charge in [-0.1, -0.05) is 0 Å². The second-order valence-corrected chi connectivity index (χ2v) is 4.83. The van der Waals surface area contributed by atoms with E-state index in [9.17, 15) is 4.79 Å². The summed E-state index contributed by atoms with van der Waals surface area (Å²) in [5.74, 6) is 1.88. The van der Waals surface area contributed by atoms with Gasteiger partial charge in [0.1, 0.15) is 11.5 Å². The molecule has 1 amide bonds. The van der Waals surface area contributed by atoms with Crippen molar-refractivity contribution in [3.05, 3.63) is 29.0 Å². The van der Waals surface area contributed by atoms with Crippen LogP contribution in [-0.4, -0.2) is 20.1 Å². The van der Waals surface area contributed by atoms with Gasteiger partial charge in [-0.15, -0.1) is 0 Å². The number of benzene rings is 1. The minimum absolute atomic E-state index is 0.115. The number of methoxy groups -OCH3 is 2. The average molecular weight is 259 g/mol. The number of carbonyl (C=O) groups excluding carboxylic acids is 1. The molecule has 1 aromatic rings. The third-order valence-electron chi connectivity index (χ3n) is 3.85. The standard InChI is InChI=1S/C15H17NO3/c1-18-12-6-7-13(19-2)15-9-4-8-14(17)16-11(9)5-3-10(12)15/h6-7H,3-5,8H2,1-2H3,(H,16,17).